The second kappa shape index (κ2) is 8.41. The third kappa shape index (κ3) is 4.47. The van der Waals surface area contributed by atoms with Gasteiger partial charge in [0, 0.05) is 24.2 Å². The fourth-order valence-corrected chi connectivity index (χ4v) is 4.64. The van der Waals surface area contributed by atoms with E-state index in [4.69, 9.17) is 4.74 Å². The molecule has 172 valence electrons. The molecular weight excluding hydrogens is 419 g/mol. The predicted octanol–water partition coefficient (Wildman–Crippen LogP) is 5.04. The molecule has 2 heterocycles. The van der Waals surface area contributed by atoms with E-state index in [9.17, 15) is 18.3 Å². The highest BCUT2D eigenvalue weighted by Crippen LogP contribution is 2.39. The van der Waals surface area contributed by atoms with Crippen molar-refractivity contribution in [2.24, 2.45) is 0 Å². The Balaban J connectivity index is 1.58. The van der Waals surface area contributed by atoms with E-state index in [0.717, 1.165) is 11.6 Å². The Hall–Kier alpha value is -2.58. The van der Waals surface area contributed by atoms with Crippen LogP contribution in [0.4, 0.5) is 13.2 Å². The molecule has 1 aliphatic heterocycles. The summed E-state index contributed by atoms with van der Waals surface area (Å²) in [5.74, 6) is 0.113. The minimum Gasteiger partial charge on any atom is -0.492 e. The third-order valence-corrected chi connectivity index (χ3v) is 6.01. The summed E-state index contributed by atoms with van der Waals surface area (Å²) in [7, 11) is 0. The number of hydrogen-bond donors (Lipinski definition) is 2. The maximum absolute atomic E-state index is 13.8. The van der Waals surface area contributed by atoms with Gasteiger partial charge in [-0.25, -0.2) is 4.98 Å². The van der Waals surface area contributed by atoms with Gasteiger partial charge in [0.05, 0.1) is 28.5 Å². The lowest BCUT2D eigenvalue weighted by atomic mass is 9.79. The molecule has 8 heteroatoms. The largest absolute Gasteiger partial charge is 0.492 e. The van der Waals surface area contributed by atoms with Crippen LogP contribution in [-0.4, -0.2) is 33.3 Å². The average molecular weight is 448 g/mol. The molecule has 3 atom stereocenters. The van der Waals surface area contributed by atoms with Crippen LogP contribution in [0.5, 0.6) is 5.75 Å². The Morgan fingerprint density at radius 2 is 1.94 bits per heavy atom. The van der Waals surface area contributed by atoms with Gasteiger partial charge in [-0.2, -0.15) is 13.2 Å². The molecule has 2 N–H and O–H groups in total. The van der Waals surface area contributed by atoms with E-state index in [0.29, 0.717) is 12.8 Å². The van der Waals surface area contributed by atoms with E-state index >= 15 is 0 Å². The quantitative estimate of drug-likeness (QED) is 0.575. The number of hydrogen-bond acceptors (Lipinski definition) is 4. The molecule has 0 bridgehead atoms. The summed E-state index contributed by atoms with van der Waals surface area (Å²) in [6.07, 6.45) is -2.16. The lowest BCUT2D eigenvalue weighted by Gasteiger charge is -2.41. The SMILES string of the molecule is CC1CC(O)(c2ccccc2)CC(COc2cc(C(F)(F)F)c3c(c2)ncn3C(C)C)N1. The fraction of sp³-hybridized carbons (Fsp3) is 0.458. The van der Waals surface area contributed by atoms with E-state index < -0.39 is 17.3 Å². The number of nitrogens with zero attached hydrogens (tertiary/aromatic N) is 2. The number of aliphatic hydroxyl groups is 1. The van der Waals surface area contributed by atoms with Crippen molar-refractivity contribution in [3.05, 3.63) is 59.9 Å². The second-order valence-corrected chi connectivity index (χ2v) is 8.96. The van der Waals surface area contributed by atoms with Gasteiger partial charge in [-0.05, 0) is 45.2 Å². The van der Waals surface area contributed by atoms with Crippen LogP contribution in [0.3, 0.4) is 0 Å². The van der Waals surface area contributed by atoms with E-state index in [1.165, 1.54) is 10.9 Å². The number of imidazole rings is 1. The first kappa shape index (κ1) is 22.6. The standard InChI is InChI=1S/C24H28F3N3O2/c1-15(2)30-14-28-21-10-19(9-20(22(21)30)24(25,26)27)32-13-18-12-23(31,11-16(3)29-18)17-7-5-4-6-8-17/h4-10,14-16,18,29,31H,11-13H2,1-3H3. The highest BCUT2D eigenvalue weighted by molar-refractivity contribution is 5.81. The Morgan fingerprint density at radius 3 is 2.59 bits per heavy atom. The Labute approximate surface area is 185 Å². The normalized spacial score (nSPS) is 24.2. The maximum Gasteiger partial charge on any atom is 0.418 e. The zero-order valence-electron chi connectivity index (χ0n) is 18.4. The highest BCUT2D eigenvalue weighted by atomic mass is 19.4. The molecule has 2 aromatic carbocycles. The van der Waals surface area contributed by atoms with Crippen LogP contribution in [0.25, 0.3) is 11.0 Å². The number of aromatic nitrogens is 2. The first-order chi connectivity index (χ1) is 15.1. The molecule has 1 saturated heterocycles. The topological polar surface area (TPSA) is 59.3 Å². The van der Waals surface area contributed by atoms with Crippen molar-refractivity contribution in [2.75, 3.05) is 6.61 Å². The van der Waals surface area contributed by atoms with Crippen molar-refractivity contribution in [3.63, 3.8) is 0 Å². The number of nitrogens with one attached hydrogen (secondary N) is 1. The van der Waals surface area contributed by atoms with Gasteiger partial charge in [0.15, 0.2) is 0 Å². The van der Waals surface area contributed by atoms with Crippen molar-refractivity contribution < 1.29 is 23.0 Å². The van der Waals surface area contributed by atoms with Crippen LogP contribution in [0.2, 0.25) is 0 Å². The molecule has 0 amide bonds. The van der Waals surface area contributed by atoms with Gasteiger partial charge in [0.1, 0.15) is 12.4 Å². The summed E-state index contributed by atoms with van der Waals surface area (Å²) in [5.41, 5.74) is -0.644. The number of fused-ring (bicyclic) bond motifs is 1. The molecule has 1 aromatic heterocycles. The minimum absolute atomic E-state index is 0.0255. The summed E-state index contributed by atoms with van der Waals surface area (Å²) in [6, 6.07) is 11.7. The summed E-state index contributed by atoms with van der Waals surface area (Å²) in [6.45, 7) is 5.74. The molecular formula is C24H28F3N3O2. The zero-order chi connectivity index (χ0) is 23.1. The average Bonchev–Trinajstić information content (AvgIpc) is 3.15. The summed E-state index contributed by atoms with van der Waals surface area (Å²) < 4.78 is 48.8. The van der Waals surface area contributed by atoms with Crippen LogP contribution in [0.15, 0.2) is 48.8 Å². The summed E-state index contributed by atoms with van der Waals surface area (Å²) in [4.78, 5) is 4.17. The van der Waals surface area contributed by atoms with Gasteiger partial charge in [0.2, 0.25) is 0 Å². The zero-order valence-corrected chi connectivity index (χ0v) is 18.4. The number of benzene rings is 2. The first-order valence-electron chi connectivity index (χ1n) is 10.8. The van der Waals surface area contributed by atoms with Crippen molar-refractivity contribution in [1.82, 2.24) is 14.9 Å². The van der Waals surface area contributed by atoms with Gasteiger partial charge >= 0.3 is 6.18 Å². The van der Waals surface area contributed by atoms with Crippen molar-refractivity contribution in [3.8, 4) is 5.75 Å². The van der Waals surface area contributed by atoms with Gasteiger partial charge in [-0.1, -0.05) is 30.3 Å². The van der Waals surface area contributed by atoms with Crippen LogP contribution in [-0.2, 0) is 11.8 Å². The van der Waals surface area contributed by atoms with Crippen LogP contribution >= 0.6 is 0 Å². The second-order valence-electron chi connectivity index (χ2n) is 8.96. The summed E-state index contributed by atoms with van der Waals surface area (Å²) in [5, 5.41) is 14.7. The molecule has 3 unspecified atom stereocenters. The summed E-state index contributed by atoms with van der Waals surface area (Å²) >= 11 is 0. The van der Waals surface area contributed by atoms with E-state index in [1.807, 2.05) is 51.1 Å². The highest BCUT2D eigenvalue weighted by Gasteiger charge is 2.39. The van der Waals surface area contributed by atoms with E-state index in [1.54, 1.807) is 6.07 Å². The predicted molar refractivity (Wildman–Crippen MR) is 117 cm³/mol. The lowest BCUT2D eigenvalue weighted by Crippen LogP contribution is -2.53. The van der Waals surface area contributed by atoms with Gasteiger partial charge < -0.3 is 19.7 Å². The van der Waals surface area contributed by atoms with Gasteiger partial charge in [-0.3, -0.25) is 0 Å². The first-order valence-corrected chi connectivity index (χ1v) is 10.8. The van der Waals surface area contributed by atoms with Crippen molar-refractivity contribution in [1.29, 1.82) is 0 Å². The number of ether oxygens (including phenoxy) is 1. The number of alkyl halides is 3. The molecule has 32 heavy (non-hydrogen) atoms. The number of halogens is 3. The maximum atomic E-state index is 13.8. The smallest absolute Gasteiger partial charge is 0.418 e. The van der Waals surface area contributed by atoms with E-state index in [2.05, 4.69) is 10.3 Å². The molecule has 1 fully saturated rings. The van der Waals surface area contributed by atoms with E-state index in [-0.39, 0.29) is 41.5 Å². The molecule has 0 aliphatic carbocycles. The Kier molecular flexibility index (Phi) is 5.94. The lowest BCUT2D eigenvalue weighted by molar-refractivity contribution is -0.136. The Morgan fingerprint density at radius 1 is 1.22 bits per heavy atom. The molecule has 0 spiro atoms. The van der Waals surface area contributed by atoms with Crippen LogP contribution in [0, 0.1) is 0 Å². The van der Waals surface area contributed by atoms with Crippen LogP contribution < -0.4 is 10.1 Å². The molecule has 4 rings (SSSR count). The molecule has 3 aromatic rings. The molecule has 0 radical (unpaired) electrons. The van der Waals surface area contributed by atoms with Gasteiger partial charge in [0.25, 0.3) is 0 Å². The molecule has 0 saturated carbocycles. The number of piperidine rings is 1. The molecule has 1 aliphatic rings. The molecule has 5 nitrogen and oxygen atoms in total. The number of rotatable bonds is 5. The fourth-order valence-electron chi connectivity index (χ4n) is 4.64. The van der Waals surface area contributed by atoms with Gasteiger partial charge in [-0.15, -0.1) is 0 Å². The minimum atomic E-state index is -4.53. The van der Waals surface area contributed by atoms with Crippen molar-refractivity contribution in [2.45, 2.75) is 63.5 Å². The van der Waals surface area contributed by atoms with Crippen LogP contribution in [0.1, 0.15) is 50.8 Å². The third-order valence-electron chi connectivity index (χ3n) is 6.01. The monoisotopic (exact) mass is 447 g/mol. The Bertz CT molecular complexity index is 1080. The van der Waals surface area contributed by atoms with Crippen molar-refractivity contribution >= 4 is 11.0 Å².